The van der Waals surface area contributed by atoms with Crippen LogP contribution < -0.4 is 10.6 Å². The molecule has 5 nitrogen and oxygen atoms in total. The molecule has 1 aromatic carbocycles. The van der Waals surface area contributed by atoms with Crippen LogP contribution in [0.2, 0.25) is 0 Å². The van der Waals surface area contributed by atoms with Gasteiger partial charge in [-0.15, -0.1) is 11.3 Å². The van der Waals surface area contributed by atoms with Crippen molar-refractivity contribution in [1.82, 2.24) is 5.32 Å². The Balaban J connectivity index is 1.95. The Bertz CT molecular complexity index is 855. The molecule has 1 aliphatic rings. The van der Waals surface area contributed by atoms with Gasteiger partial charge in [-0.25, -0.2) is 4.79 Å². The smallest absolute Gasteiger partial charge is 0.339 e. The number of thiophene rings is 1. The molecule has 0 aliphatic heterocycles. The SMILES string of the molecule is CNCc1ccccc1C(=O)Nc1sc2c(c1C(=O)O)CC(C)(C)CC2. The monoisotopic (exact) mass is 372 g/mol. The number of nitrogens with one attached hydrogen (secondary N) is 2. The molecule has 3 N–H and O–H groups in total. The Morgan fingerprint density at radius 3 is 2.69 bits per heavy atom. The van der Waals surface area contributed by atoms with E-state index >= 15 is 0 Å². The van der Waals surface area contributed by atoms with Crippen molar-refractivity contribution in [3.63, 3.8) is 0 Å². The summed E-state index contributed by atoms with van der Waals surface area (Å²) >= 11 is 1.40. The van der Waals surface area contributed by atoms with Gasteiger partial charge in [0.15, 0.2) is 0 Å². The van der Waals surface area contributed by atoms with Crippen LogP contribution in [0, 0.1) is 5.41 Å². The fraction of sp³-hybridized carbons (Fsp3) is 0.400. The van der Waals surface area contributed by atoms with Crippen LogP contribution >= 0.6 is 11.3 Å². The fourth-order valence-corrected chi connectivity index (χ4v) is 4.70. The lowest BCUT2D eigenvalue weighted by molar-refractivity contribution is 0.0696. The van der Waals surface area contributed by atoms with E-state index in [-0.39, 0.29) is 16.9 Å². The third-order valence-electron chi connectivity index (χ3n) is 4.85. The molecular weight excluding hydrogens is 348 g/mol. The summed E-state index contributed by atoms with van der Waals surface area (Å²) in [6, 6.07) is 7.36. The number of amides is 1. The van der Waals surface area contributed by atoms with Crippen LogP contribution in [0.15, 0.2) is 24.3 Å². The molecule has 0 radical (unpaired) electrons. The summed E-state index contributed by atoms with van der Waals surface area (Å²) in [6.07, 6.45) is 2.62. The predicted molar refractivity (Wildman–Crippen MR) is 104 cm³/mol. The highest BCUT2D eigenvalue weighted by Crippen LogP contribution is 2.43. The Morgan fingerprint density at radius 1 is 1.27 bits per heavy atom. The maximum atomic E-state index is 12.8. The van der Waals surface area contributed by atoms with Crippen LogP contribution in [0.1, 0.15) is 57.0 Å². The summed E-state index contributed by atoms with van der Waals surface area (Å²) < 4.78 is 0. The van der Waals surface area contributed by atoms with Crippen molar-refractivity contribution >= 4 is 28.2 Å². The summed E-state index contributed by atoms with van der Waals surface area (Å²) in [5.74, 6) is -1.24. The molecule has 0 saturated carbocycles. The molecule has 138 valence electrons. The molecule has 1 heterocycles. The van der Waals surface area contributed by atoms with Crippen LogP contribution in [0.3, 0.4) is 0 Å². The highest BCUT2D eigenvalue weighted by atomic mass is 32.1. The van der Waals surface area contributed by atoms with Crippen LogP contribution in [0.5, 0.6) is 0 Å². The first-order valence-electron chi connectivity index (χ1n) is 8.74. The lowest BCUT2D eigenvalue weighted by Gasteiger charge is -2.29. The van der Waals surface area contributed by atoms with Crippen LogP contribution in [0.25, 0.3) is 0 Å². The zero-order chi connectivity index (χ0) is 18.9. The van der Waals surface area contributed by atoms with Crippen molar-refractivity contribution in [1.29, 1.82) is 0 Å². The first-order valence-corrected chi connectivity index (χ1v) is 9.56. The van der Waals surface area contributed by atoms with E-state index in [1.165, 1.54) is 11.3 Å². The molecule has 1 aromatic heterocycles. The second kappa shape index (κ2) is 7.21. The highest BCUT2D eigenvalue weighted by Gasteiger charge is 2.33. The van der Waals surface area contributed by atoms with Crippen molar-refractivity contribution in [2.24, 2.45) is 5.41 Å². The van der Waals surface area contributed by atoms with Gasteiger partial charge >= 0.3 is 5.97 Å². The molecule has 1 amide bonds. The van der Waals surface area contributed by atoms with Gasteiger partial charge in [-0.05, 0) is 48.9 Å². The number of anilines is 1. The average molecular weight is 372 g/mol. The van der Waals surface area contributed by atoms with Crippen molar-refractivity contribution in [2.75, 3.05) is 12.4 Å². The maximum Gasteiger partial charge on any atom is 0.339 e. The summed E-state index contributed by atoms with van der Waals surface area (Å²) in [5.41, 5.74) is 2.67. The van der Waals surface area contributed by atoms with E-state index < -0.39 is 5.97 Å². The van der Waals surface area contributed by atoms with Crippen LogP contribution in [0.4, 0.5) is 5.00 Å². The molecule has 0 spiro atoms. The summed E-state index contributed by atoms with van der Waals surface area (Å²) in [5, 5.41) is 16.1. The molecule has 1 aliphatic carbocycles. The number of carbonyl (C=O) groups excluding carboxylic acids is 1. The lowest BCUT2D eigenvalue weighted by atomic mass is 9.76. The van der Waals surface area contributed by atoms with Gasteiger partial charge in [-0.3, -0.25) is 4.79 Å². The number of benzene rings is 1. The van der Waals surface area contributed by atoms with Gasteiger partial charge in [0, 0.05) is 17.0 Å². The largest absolute Gasteiger partial charge is 0.478 e. The number of aromatic carboxylic acids is 1. The maximum absolute atomic E-state index is 12.8. The number of carboxylic acid groups (broad SMARTS) is 1. The Kier molecular flexibility index (Phi) is 5.16. The van der Waals surface area contributed by atoms with E-state index in [1.807, 2.05) is 25.2 Å². The summed E-state index contributed by atoms with van der Waals surface area (Å²) in [4.78, 5) is 25.8. The number of hydrogen-bond donors (Lipinski definition) is 3. The van der Waals surface area contributed by atoms with Crippen molar-refractivity contribution in [3.8, 4) is 0 Å². The number of carboxylic acids is 1. The van der Waals surface area contributed by atoms with Crippen molar-refractivity contribution in [3.05, 3.63) is 51.4 Å². The molecule has 0 unspecified atom stereocenters. The quantitative estimate of drug-likeness (QED) is 0.743. The van der Waals surface area contributed by atoms with Gasteiger partial charge < -0.3 is 15.7 Å². The minimum Gasteiger partial charge on any atom is -0.478 e. The highest BCUT2D eigenvalue weighted by molar-refractivity contribution is 7.17. The zero-order valence-corrected chi connectivity index (χ0v) is 16.1. The van der Waals surface area contributed by atoms with Gasteiger partial charge in [-0.2, -0.15) is 0 Å². The van der Waals surface area contributed by atoms with E-state index in [2.05, 4.69) is 24.5 Å². The fourth-order valence-electron chi connectivity index (χ4n) is 3.49. The van der Waals surface area contributed by atoms with Crippen LogP contribution in [-0.2, 0) is 19.4 Å². The lowest BCUT2D eigenvalue weighted by Crippen LogP contribution is -2.23. The molecule has 2 aromatic rings. The molecule has 0 bridgehead atoms. The standard InChI is InChI=1S/C20H24N2O3S/c1-20(2)9-8-15-14(10-20)16(19(24)25)18(26-15)22-17(23)13-7-5-4-6-12(13)11-21-3/h4-7,21H,8-11H2,1-3H3,(H,22,23)(H,24,25). The van der Waals surface area contributed by atoms with Gasteiger partial charge in [-0.1, -0.05) is 32.0 Å². The average Bonchev–Trinajstić information content (AvgIpc) is 2.91. The third-order valence-corrected chi connectivity index (χ3v) is 6.05. The normalized spacial score (nSPS) is 15.3. The third kappa shape index (κ3) is 3.66. The number of aryl methyl sites for hydroxylation is 1. The summed E-state index contributed by atoms with van der Waals surface area (Å²) in [6.45, 7) is 4.89. The summed E-state index contributed by atoms with van der Waals surface area (Å²) in [7, 11) is 1.83. The number of carbonyl (C=O) groups is 2. The van der Waals surface area contributed by atoms with Crippen molar-refractivity contribution in [2.45, 2.75) is 39.7 Å². The predicted octanol–water partition coefficient (Wildman–Crippen LogP) is 3.93. The first-order chi connectivity index (χ1) is 12.3. The minimum atomic E-state index is -0.973. The molecule has 26 heavy (non-hydrogen) atoms. The van der Waals surface area contributed by atoms with Gasteiger partial charge in [0.05, 0.1) is 5.56 Å². The number of fused-ring (bicyclic) bond motifs is 1. The number of hydrogen-bond acceptors (Lipinski definition) is 4. The Morgan fingerprint density at radius 2 is 2.00 bits per heavy atom. The molecule has 0 fully saturated rings. The molecule has 3 rings (SSSR count). The van der Waals surface area contributed by atoms with Gasteiger partial charge in [0.25, 0.3) is 5.91 Å². The molecular formula is C20H24N2O3S. The Hall–Kier alpha value is -2.18. The van der Waals surface area contributed by atoms with Gasteiger partial charge in [0.1, 0.15) is 5.00 Å². The number of rotatable bonds is 5. The van der Waals surface area contributed by atoms with E-state index in [9.17, 15) is 14.7 Å². The van der Waals surface area contributed by atoms with E-state index in [0.29, 0.717) is 17.1 Å². The first kappa shape index (κ1) is 18.6. The van der Waals surface area contributed by atoms with Crippen LogP contribution in [-0.4, -0.2) is 24.0 Å². The molecule has 0 atom stereocenters. The second-order valence-corrected chi connectivity index (χ2v) is 8.60. The van der Waals surface area contributed by atoms with E-state index in [4.69, 9.17) is 0 Å². The Labute approximate surface area is 157 Å². The zero-order valence-electron chi connectivity index (χ0n) is 15.3. The van der Waals surface area contributed by atoms with E-state index in [0.717, 1.165) is 35.3 Å². The van der Waals surface area contributed by atoms with Gasteiger partial charge in [0.2, 0.25) is 0 Å². The van der Waals surface area contributed by atoms with Crippen molar-refractivity contribution < 1.29 is 14.7 Å². The second-order valence-electron chi connectivity index (χ2n) is 7.50. The minimum absolute atomic E-state index is 0.0823. The molecule has 0 saturated heterocycles. The van der Waals surface area contributed by atoms with E-state index in [1.54, 1.807) is 6.07 Å². The topological polar surface area (TPSA) is 78.4 Å². The molecule has 6 heteroatoms.